The number of nitrogens with one attached hydrogen (secondary N) is 2. The fourth-order valence-corrected chi connectivity index (χ4v) is 2.77. The van der Waals surface area contributed by atoms with Crippen LogP contribution in [0.3, 0.4) is 0 Å². The number of ether oxygens (including phenoxy) is 1. The lowest BCUT2D eigenvalue weighted by Crippen LogP contribution is -2.51. The van der Waals surface area contributed by atoms with E-state index in [4.69, 9.17) is 4.74 Å². The third kappa shape index (κ3) is 5.05. The molecule has 2 unspecified atom stereocenters. The Morgan fingerprint density at radius 3 is 2.81 bits per heavy atom. The Hall–Kier alpha value is -1.55. The molecule has 2 N–H and O–H groups in total. The number of benzene rings is 1. The molecule has 0 saturated carbocycles. The summed E-state index contributed by atoms with van der Waals surface area (Å²) < 4.78 is 5.14. The highest BCUT2D eigenvalue weighted by atomic mass is 16.5. The van der Waals surface area contributed by atoms with E-state index >= 15 is 0 Å². The van der Waals surface area contributed by atoms with Gasteiger partial charge in [-0.25, -0.2) is 0 Å². The van der Waals surface area contributed by atoms with Crippen molar-refractivity contribution in [1.82, 2.24) is 10.6 Å². The molecule has 0 radical (unpaired) electrons. The van der Waals surface area contributed by atoms with Crippen LogP contribution in [0.15, 0.2) is 24.3 Å². The molecule has 21 heavy (non-hydrogen) atoms. The van der Waals surface area contributed by atoms with Crippen molar-refractivity contribution >= 4 is 5.91 Å². The number of rotatable bonds is 6. The monoisotopic (exact) mass is 290 g/mol. The highest BCUT2D eigenvalue weighted by Gasteiger charge is 2.21. The number of hydrogen-bond donors (Lipinski definition) is 2. The Morgan fingerprint density at radius 2 is 2.14 bits per heavy atom. The number of piperidine rings is 1. The summed E-state index contributed by atoms with van der Waals surface area (Å²) in [4.78, 5) is 12.0. The van der Waals surface area contributed by atoms with E-state index in [1.165, 1.54) is 5.56 Å². The normalized spacial score (nSPS) is 21.8. The molecule has 1 aliphatic heterocycles. The van der Waals surface area contributed by atoms with E-state index in [0.717, 1.165) is 38.0 Å². The van der Waals surface area contributed by atoms with Crippen LogP contribution in [0.5, 0.6) is 5.75 Å². The Labute approximate surface area is 127 Å². The summed E-state index contributed by atoms with van der Waals surface area (Å²) in [5.74, 6) is 1.04. The van der Waals surface area contributed by atoms with Crippen LogP contribution in [0.1, 0.15) is 38.2 Å². The lowest BCUT2D eigenvalue weighted by atomic mass is 9.99. The van der Waals surface area contributed by atoms with Gasteiger partial charge >= 0.3 is 0 Å². The van der Waals surface area contributed by atoms with Crippen molar-refractivity contribution in [2.75, 3.05) is 13.7 Å². The summed E-state index contributed by atoms with van der Waals surface area (Å²) >= 11 is 0. The highest BCUT2D eigenvalue weighted by Crippen LogP contribution is 2.13. The first-order valence-corrected chi connectivity index (χ1v) is 7.84. The second kappa shape index (κ2) is 8.03. The van der Waals surface area contributed by atoms with Gasteiger partial charge in [-0.05, 0) is 56.8 Å². The molecule has 1 amide bonds. The molecule has 1 aromatic carbocycles. The molecule has 1 saturated heterocycles. The maximum Gasteiger partial charge on any atom is 0.220 e. The van der Waals surface area contributed by atoms with E-state index in [1.54, 1.807) is 7.11 Å². The molecular weight excluding hydrogens is 264 g/mol. The zero-order valence-corrected chi connectivity index (χ0v) is 13.0. The number of carbonyl (C=O) groups excluding carboxylic acids is 1. The molecule has 0 aliphatic carbocycles. The number of hydrogen-bond acceptors (Lipinski definition) is 3. The molecule has 1 aromatic rings. The first kappa shape index (κ1) is 15.8. The van der Waals surface area contributed by atoms with Gasteiger partial charge in [0.2, 0.25) is 5.91 Å². The standard InChI is InChI=1S/C17H26N2O2/c1-13-16(6-4-12-18-13)19-17(20)7-3-5-14-8-10-15(21-2)11-9-14/h8-11,13,16,18H,3-7,12H2,1-2H3,(H,19,20). The number of amides is 1. The maximum absolute atomic E-state index is 12.0. The van der Waals surface area contributed by atoms with Gasteiger partial charge in [0.1, 0.15) is 5.75 Å². The molecule has 4 heteroatoms. The number of aryl methyl sites for hydroxylation is 1. The predicted octanol–water partition coefficient (Wildman–Crippen LogP) is 2.27. The number of carbonyl (C=O) groups is 1. The average molecular weight is 290 g/mol. The van der Waals surface area contributed by atoms with Crippen molar-refractivity contribution in [2.45, 2.75) is 51.1 Å². The zero-order valence-electron chi connectivity index (χ0n) is 13.0. The minimum Gasteiger partial charge on any atom is -0.497 e. The Bertz CT molecular complexity index is 445. The molecule has 1 aliphatic rings. The van der Waals surface area contributed by atoms with E-state index in [9.17, 15) is 4.79 Å². The summed E-state index contributed by atoms with van der Waals surface area (Å²) in [5.41, 5.74) is 1.25. The topological polar surface area (TPSA) is 50.4 Å². The molecule has 0 aromatic heterocycles. The molecule has 1 heterocycles. The van der Waals surface area contributed by atoms with E-state index in [0.29, 0.717) is 12.5 Å². The fourth-order valence-electron chi connectivity index (χ4n) is 2.77. The fraction of sp³-hybridized carbons (Fsp3) is 0.588. The van der Waals surface area contributed by atoms with Crippen LogP contribution in [0.2, 0.25) is 0 Å². The predicted molar refractivity (Wildman–Crippen MR) is 84.6 cm³/mol. The van der Waals surface area contributed by atoms with Gasteiger partial charge in [0.25, 0.3) is 0 Å². The van der Waals surface area contributed by atoms with E-state index in [2.05, 4.69) is 29.7 Å². The van der Waals surface area contributed by atoms with Crippen LogP contribution in [0.25, 0.3) is 0 Å². The van der Waals surface area contributed by atoms with Crippen LogP contribution >= 0.6 is 0 Å². The van der Waals surface area contributed by atoms with Gasteiger partial charge in [-0.1, -0.05) is 12.1 Å². The van der Waals surface area contributed by atoms with Crippen molar-refractivity contribution < 1.29 is 9.53 Å². The third-order valence-electron chi connectivity index (χ3n) is 4.14. The number of methoxy groups -OCH3 is 1. The Kier molecular flexibility index (Phi) is 6.05. The van der Waals surface area contributed by atoms with Crippen molar-refractivity contribution in [3.63, 3.8) is 0 Å². The van der Waals surface area contributed by atoms with E-state index in [-0.39, 0.29) is 11.9 Å². The first-order valence-electron chi connectivity index (χ1n) is 7.84. The van der Waals surface area contributed by atoms with Crippen LogP contribution in [0, 0.1) is 0 Å². The lowest BCUT2D eigenvalue weighted by Gasteiger charge is -2.30. The second-order valence-corrected chi connectivity index (χ2v) is 5.76. The molecule has 0 spiro atoms. The average Bonchev–Trinajstić information content (AvgIpc) is 2.50. The molecule has 1 fully saturated rings. The van der Waals surface area contributed by atoms with E-state index in [1.807, 2.05) is 12.1 Å². The smallest absolute Gasteiger partial charge is 0.220 e. The molecule has 0 bridgehead atoms. The SMILES string of the molecule is COc1ccc(CCCC(=O)NC2CCCNC2C)cc1. The third-order valence-corrected chi connectivity index (χ3v) is 4.14. The zero-order chi connectivity index (χ0) is 15.1. The van der Waals surface area contributed by atoms with Crippen LogP contribution in [0.4, 0.5) is 0 Å². The molecule has 2 rings (SSSR count). The Morgan fingerprint density at radius 1 is 1.38 bits per heavy atom. The van der Waals surface area contributed by atoms with Gasteiger partial charge in [0.05, 0.1) is 7.11 Å². The van der Waals surface area contributed by atoms with Crippen molar-refractivity contribution in [3.05, 3.63) is 29.8 Å². The second-order valence-electron chi connectivity index (χ2n) is 5.76. The highest BCUT2D eigenvalue weighted by molar-refractivity contribution is 5.76. The molecule has 2 atom stereocenters. The van der Waals surface area contributed by atoms with Crippen LogP contribution < -0.4 is 15.4 Å². The molecule has 116 valence electrons. The van der Waals surface area contributed by atoms with Crippen molar-refractivity contribution in [1.29, 1.82) is 0 Å². The largest absolute Gasteiger partial charge is 0.497 e. The maximum atomic E-state index is 12.0. The summed E-state index contributed by atoms with van der Waals surface area (Å²) in [7, 11) is 1.67. The summed E-state index contributed by atoms with van der Waals surface area (Å²) in [6.45, 7) is 3.20. The van der Waals surface area contributed by atoms with Gasteiger partial charge in [-0.3, -0.25) is 4.79 Å². The summed E-state index contributed by atoms with van der Waals surface area (Å²) in [5, 5.41) is 6.56. The summed E-state index contributed by atoms with van der Waals surface area (Å²) in [6, 6.07) is 8.71. The first-order chi connectivity index (χ1) is 10.2. The van der Waals surface area contributed by atoms with Gasteiger partial charge in [0.15, 0.2) is 0 Å². The van der Waals surface area contributed by atoms with Gasteiger partial charge in [-0.2, -0.15) is 0 Å². The van der Waals surface area contributed by atoms with Crippen molar-refractivity contribution in [2.24, 2.45) is 0 Å². The lowest BCUT2D eigenvalue weighted by molar-refractivity contribution is -0.122. The minimum absolute atomic E-state index is 0.170. The van der Waals surface area contributed by atoms with Crippen LogP contribution in [-0.4, -0.2) is 31.6 Å². The van der Waals surface area contributed by atoms with Gasteiger partial charge < -0.3 is 15.4 Å². The van der Waals surface area contributed by atoms with E-state index < -0.39 is 0 Å². The van der Waals surface area contributed by atoms with Gasteiger partial charge in [-0.15, -0.1) is 0 Å². The quantitative estimate of drug-likeness (QED) is 0.845. The summed E-state index contributed by atoms with van der Waals surface area (Å²) in [6.07, 6.45) is 4.62. The minimum atomic E-state index is 0.170. The van der Waals surface area contributed by atoms with Crippen LogP contribution in [-0.2, 0) is 11.2 Å². The van der Waals surface area contributed by atoms with Crippen molar-refractivity contribution in [3.8, 4) is 5.75 Å². The molecular formula is C17H26N2O2. The van der Waals surface area contributed by atoms with Gasteiger partial charge in [0, 0.05) is 18.5 Å². The molecule has 4 nitrogen and oxygen atoms in total. The Balaban J connectivity index is 1.68.